The second kappa shape index (κ2) is 12.6. The molecule has 0 spiro atoms. The van der Waals surface area contributed by atoms with Crippen LogP contribution in [0.15, 0.2) is 112 Å². The molecule has 5 aromatic rings. The Morgan fingerprint density at radius 1 is 0.891 bits per heavy atom. The minimum absolute atomic E-state index is 0.106. The molecule has 1 aliphatic rings. The highest BCUT2D eigenvalue weighted by Gasteiger charge is 2.29. The van der Waals surface area contributed by atoms with Crippen LogP contribution in [0.4, 0.5) is 21.9 Å². The zero-order chi connectivity index (χ0) is 32.4. The Morgan fingerprint density at radius 2 is 1.54 bits per heavy atom. The number of carbonyl (C=O) groups is 1. The normalized spacial score (nSPS) is 12.8. The molecule has 0 fully saturated rings. The first-order chi connectivity index (χ1) is 22.1. The highest BCUT2D eigenvalue weighted by molar-refractivity contribution is 7.87. The smallest absolute Gasteiger partial charge is 0.411 e. The van der Waals surface area contributed by atoms with Crippen molar-refractivity contribution < 1.29 is 32.0 Å². The largest absolute Gasteiger partial charge is 0.505 e. The summed E-state index contributed by atoms with van der Waals surface area (Å²) in [4.78, 5) is 12.6. The number of rotatable bonds is 9. The second-order valence-electron chi connectivity index (χ2n) is 11.0. The van der Waals surface area contributed by atoms with E-state index in [0.29, 0.717) is 27.9 Å². The maximum atomic E-state index is 13.3. The fourth-order valence-electron chi connectivity index (χ4n) is 5.53. The molecule has 10 nitrogen and oxygen atoms in total. The van der Waals surface area contributed by atoms with Gasteiger partial charge in [-0.1, -0.05) is 48.5 Å². The number of phenols is 1. The van der Waals surface area contributed by atoms with Crippen LogP contribution in [-0.4, -0.2) is 39.4 Å². The van der Waals surface area contributed by atoms with Gasteiger partial charge in [0.25, 0.3) is 10.1 Å². The van der Waals surface area contributed by atoms with E-state index in [0.717, 1.165) is 22.3 Å². The number of carbonyl (C=O) groups excluding carboxylic acids is 1. The van der Waals surface area contributed by atoms with Crippen LogP contribution in [0.25, 0.3) is 21.9 Å². The summed E-state index contributed by atoms with van der Waals surface area (Å²) in [5, 5.41) is 22.8. The first-order valence-corrected chi connectivity index (χ1v) is 16.0. The van der Waals surface area contributed by atoms with Crippen molar-refractivity contribution in [2.45, 2.75) is 30.8 Å². The van der Waals surface area contributed by atoms with Crippen LogP contribution in [0.5, 0.6) is 11.5 Å². The lowest BCUT2D eigenvalue weighted by Gasteiger charge is -2.15. The van der Waals surface area contributed by atoms with Crippen molar-refractivity contribution in [3.8, 4) is 22.6 Å². The van der Waals surface area contributed by atoms with E-state index in [1.54, 1.807) is 50.2 Å². The Morgan fingerprint density at radius 3 is 2.17 bits per heavy atom. The zero-order valence-electron chi connectivity index (χ0n) is 25.3. The summed E-state index contributed by atoms with van der Waals surface area (Å²) in [5.74, 6) is 0.0999. The summed E-state index contributed by atoms with van der Waals surface area (Å²) in [7, 11) is -2.83. The molecule has 0 bridgehead atoms. The van der Waals surface area contributed by atoms with E-state index in [2.05, 4.69) is 27.7 Å². The number of azo groups is 1. The van der Waals surface area contributed by atoms with E-state index in [4.69, 9.17) is 13.7 Å². The van der Waals surface area contributed by atoms with Gasteiger partial charge in [-0.2, -0.15) is 13.5 Å². The Bertz CT molecular complexity index is 2030. The van der Waals surface area contributed by atoms with Gasteiger partial charge in [0.05, 0.1) is 18.9 Å². The van der Waals surface area contributed by atoms with Crippen molar-refractivity contribution in [3.63, 3.8) is 0 Å². The van der Waals surface area contributed by atoms with Gasteiger partial charge in [0.2, 0.25) is 0 Å². The molecule has 234 valence electrons. The SMILES string of the molecule is COc1ccc(N=Nc2c(S(=O)(=O)OC(C)C)cc3cc(NC(=O)OCC4c5ccccc5-c5ccccc54)ccc3c2O)cc1. The quantitative estimate of drug-likeness (QED) is 0.122. The van der Waals surface area contributed by atoms with Crippen molar-refractivity contribution in [2.75, 3.05) is 19.0 Å². The van der Waals surface area contributed by atoms with Gasteiger partial charge in [-0.05, 0) is 90.0 Å². The van der Waals surface area contributed by atoms with Crippen LogP contribution in [0.3, 0.4) is 0 Å². The molecule has 0 aliphatic heterocycles. The molecule has 0 saturated heterocycles. The van der Waals surface area contributed by atoms with Gasteiger partial charge in [-0.25, -0.2) is 4.79 Å². The molecular formula is C35H31N3O7S. The number of amides is 1. The van der Waals surface area contributed by atoms with E-state index >= 15 is 0 Å². The van der Waals surface area contributed by atoms with Crippen molar-refractivity contribution in [3.05, 3.63) is 108 Å². The number of anilines is 1. The molecule has 11 heteroatoms. The molecule has 0 unspecified atom stereocenters. The molecule has 1 aliphatic carbocycles. The number of methoxy groups -OCH3 is 1. The van der Waals surface area contributed by atoms with Gasteiger partial charge >= 0.3 is 6.09 Å². The lowest BCUT2D eigenvalue weighted by Crippen LogP contribution is -2.17. The fourth-order valence-corrected chi connectivity index (χ4v) is 6.79. The van der Waals surface area contributed by atoms with E-state index < -0.39 is 28.1 Å². The Kier molecular flexibility index (Phi) is 8.44. The number of hydrogen-bond donors (Lipinski definition) is 2. The predicted molar refractivity (Wildman–Crippen MR) is 175 cm³/mol. The zero-order valence-corrected chi connectivity index (χ0v) is 26.1. The average molecular weight is 638 g/mol. The number of ether oxygens (including phenoxy) is 2. The Hall–Kier alpha value is -5.26. The van der Waals surface area contributed by atoms with Crippen LogP contribution in [-0.2, 0) is 19.0 Å². The predicted octanol–water partition coefficient (Wildman–Crippen LogP) is 8.44. The van der Waals surface area contributed by atoms with Crippen LogP contribution in [0, 0.1) is 0 Å². The first-order valence-electron chi connectivity index (χ1n) is 14.6. The lowest BCUT2D eigenvalue weighted by molar-refractivity contribution is 0.158. The third kappa shape index (κ3) is 6.15. The average Bonchev–Trinajstić information content (AvgIpc) is 3.36. The van der Waals surface area contributed by atoms with Crippen LogP contribution in [0.2, 0.25) is 0 Å². The molecule has 2 N–H and O–H groups in total. The lowest BCUT2D eigenvalue weighted by atomic mass is 9.98. The van der Waals surface area contributed by atoms with Crippen molar-refractivity contribution in [1.82, 2.24) is 0 Å². The van der Waals surface area contributed by atoms with Gasteiger partial charge in [0, 0.05) is 17.0 Å². The van der Waals surface area contributed by atoms with Crippen LogP contribution < -0.4 is 10.1 Å². The molecule has 1 amide bonds. The minimum atomic E-state index is -4.37. The van der Waals surface area contributed by atoms with Gasteiger partial charge in [0.1, 0.15) is 22.9 Å². The summed E-state index contributed by atoms with van der Waals surface area (Å²) in [6.07, 6.45) is -1.35. The maximum Gasteiger partial charge on any atom is 0.411 e. The summed E-state index contributed by atoms with van der Waals surface area (Å²) in [5.41, 5.74) is 4.90. The summed E-state index contributed by atoms with van der Waals surface area (Å²) in [6.45, 7) is 3.28. The highest BCUT2D eigenvalue weighted by Crippen LogP contribution is 2.45. The standard InChI is InChI=1S/C35H31N3O7S/c1-21(2)45-46(41,42)32-19-22-18-24(14-17-26(22)34(39)33(32)38-37-23-12-15-25(43-3)16-13-23)36-35(40)44-20-31-29-10-6-4-8-27(29)28-9-5-7-11-30(28)31/h4-19,21,31,39H,20H2,1-3H3,(H,36,40). The molecule has 5 aromatic carbocycles. The molecule has 0 radical (unpaired) electrons. The summed E-state index contributed by atoms with van der Waals surface area (Å²) in [6, 6.07) is 28.7. The number of phenolic OH excluding ortho intramolecular Hbond substituents is 1. The van der Waals surface area contributed by atoms with Crippen LogP contribution >= 0.6 is 0 Å². The second-order valence-corrected chi connectivity index (χ2v) is 12.5. The Balaban J connectivity index is 1.27. The van der Waals surface area contributed by atoms with E-state index in [9.17, 15) is 18.3 Å². The van der Waals surface area contributed by atoms with Gasteiger partial charge < -0.3 is 14.6 Å². The third-order valence-electron chi connectivity index (χ3n) is 7.57. The highest BCUT2D eigenvalue weighted by atomic mass is 32.2. The van der Waals surface area contributed by atoms with E-state index in [1.165, 1.54) is 19.2 Å². The number of fused-ring (bicyclic) bond motifs is 4. The van der Waals surface area contributed by atoms with Crippen molar-refractivity contribution in [2.24, 2.45) is 10.2 Å². The minimum Gasteiger partial charge on any atom is -0.505 e. The Labute approximate surface area is 266 Å². The third-order valence-corrected chi connectivity index (χ3v) is 9.06. The molecule has 6 rings (SSSR count). The topological polar surface area (TPSA) is 136 Å². The molecule has 0 heterocycles. The molecule has 0 aromatic heterocycles. The van der Waals surface area contributed by atoms with Gasteiger partial charge in [-0.15, -0.1) is 5.11 Å². The van der Waals surface area contributed by atoms with Crippen LogP contribution in [0.1, 0.15) is 30.9 Å². The van der Waals surface area contributed by atoms with E-state index in [1.807, 2.05) is 36.4 Å². The van der Waals surface area contributed by atoms with Crippen molar-refractivity contribution >= 4 is 44.0 Å². The number of aromatic hydroxyl groups is 1. The molecule has 46 heavy (non-hydrogen) atoms. The van der Waals surface area contributed by atoms with Crippen molar-refractivity contribution in [1.29, 1.82) is 0 Å². The number of hydrogen-bond acceptors (Lipinski definition) is 9. The van der Waals surface area contributed by atoms with E-state index in [-0.39, 0.29) is 23.1 Å². The first kappa shape index (κ1) is 30.8. The maximum absolute atomic E-state index is 13.3. The van der Waals surface area contributed by atoms with Gasteiger partial charge in [0.15, 0.2) is 5.75 Å². The monoisotopic (exact) mass is 637 g/mol. The number of nitrogens with one attached hydrogen (secondary N) is 1. The number of benzene rings is 5. The summed E-state index contributed by atoms with van der Waals surface area (Å²) >= 11 is 0. The molecule has 0 saturated carbocycles. The molecule has 0 atom stereocenters. The fraction of sp³-hybridized carbons (Fsp3) is 0.171. The number of nitrogens with zero attached hydrogens (tertiary/aromatic N) is 2. The summed E-state index contributed by atoms with van der Waals surface area (Å²) < 4.78 is 42.6. The molecular weight excluding hydrogens is 606 g/mol. The van der Waals surface area contributed by atoms with Gasteiger partial charge in [-0.3, -0.25) is 9.50 Å².